The molecule has 0 aromatic heterocycles. The number of nitrogens with zero attached hydrogens (tertiary/aromatic N) is 3. The van der Waals surface area contributed by atoms with Gasteiger partial charge < -0.3 is 9.64 Å². The number of ether oxygens (including phenoxy) is 1. The molecular weight excluding hydrogens is 446 g/mol. The monoisotopic (exact) mass is 461 g/mol. The maximum Gasteiger partial charge on any atom is 0.327 e. The minimum absolute atomic E-state index is 0.0324. The van der Waals surface area contributed by atoms with Gasteiger partial charge in [-0.25, -0.2) is 12.7 Å². The van der Waals surface area contributed by atoms with Crippen LogP contribution in [0, 0.1) is 11.3 Å². The normalized spacial score (nSPS) is 13.9. The number of amides is 2. The minimum Gasteiger partial charge on any atom is -0.454 e. The summed E-state index contributed by atoms with van der Waals surface area (Å²) in [6, 6.07) is 13.9. The zero-order chi connectivity index (χ0) is 22.6. The number of esters is 1. The first-order valence-electron chi connectivity index (χ1n) is 9.00. The number of nitriles is 1. The number of carbonyl (C=O) groups excluding carboxylic acids is 3. The van der Waals surface area contributed by atoms with E-state index in [1.54, 1.807) is 18.2 Å². The van der Waals surface area contributed by atoms with Crippen LogP contribution in [0.4, 0.5) is 5.69 Å². The van der Waals surface area contributed by atoms with Crippen LogP contribution in [0.2, 0.25) is 5.02 Å². The summed E-state index contributed by atoms with van der Waals surface area (Å²) in [4.78, 5) is 38.2. The van der Waals surface area contributed by atoms with Gasteiger partial charge in [-0.15, -0.1) is 0 Å². The van der Waals surface area contributed by atoms with E-state index in [9.17, 15) is 22.8 Å². The molecule has 1 aliphatic heterocycles. The molecule has 2 aromatic carbocycles. The molecule has 3 rings (SSSR count). The maximum atomic E-state index is 12.6. The molecule has 1 heterocycles. The highest BCUT2D eigenvalue weighted by molar-refractivity contribution is 7.90. The molecule has 0 saturated heterocycles. The van der Waals surface area contributed by atoms with Gasteiger partial charge in [-0.05, 0) is 30.3 Å². The number of sulfonamides is 1. The van der Waals surface area contributed by atoms with E-state index in [0.717, 1.165) is 0 Å². The SMILES string of the molecule is N#CCCN(C(=O)COC(=O)CN1C(=O)c2ccccc2S1(=O)=O)c1cccc(Cl)c1. The predicted octanol–water partition coefficient (Wildman–Crippen LogP) is 1.97. The standard InChI is InChI=1S/C20H16ClN3O6S/c21-14-5-3-6-15(11-14)23(10-4-9-22)18(25)13-30-19(26)12-24-20(27)16-7-1-2-8-17(16)31(24,28)29/h1-3,5-8,11H,4,10,12-13H2. The summed E-state index contributed by atoms with van der Waals surface area (Å²) >= 11 is 5.95. The molecule has 0 radical (unpaired) electrons. The third-order valence-corrected chi connectivity index (χ3v) is 6.43. The van der Waals surface area contributed by atoms with Crippen LogP contribution >= 0.6 is 11.6 Å². The number of halogens is 1. The molecule has 1 aliphatic rings. The second-order valence-electron chi connectivity index (χ2n) is 6.41. The molecule has 9 nitrogen and oxygen atoms in total. The Bertz CT molecular complexity index is 1190. The Morgan fingerprint density at radius 3 is 2.58 bits per heavy atom. The summed E-state index contributed by atoms with van der Waals surface area (Å²) < 4.78 is 30.3. The Labute approximate surface area is 183 Å². The molecule has 0 spiro atoms. The minimum atomic E-state index is -4.17. The first kappa shape index (κ1) is 22.3. The van der Waals surface area contributed by atoms with E-state index in [-0.39, 0.29) is 23.4 Å². The quantitative estimate of drug-likeness (QED) is 0.577. The van der Waals surface area contributed by atoms with Crippen LogP contribution in [-0.2, 0) is 24.3 Å². The van der Waals surface area contributed by atoms with Gasteiger partial charge in [0, 0.05) is 17.3 Å². The molecule has 0 bridgehead atoms. The number of hydrogen-bond donors (Lipinski definition) is 0. The van der Waals surface area contributed by atoms with Gasteiger partial charge in [0.15, 0.2) is 6.61 Å². The zero-order valence-electron chi connectivity index (χ0n) is 16.0. The van der Waals surface area contributed by atoms with Gasteiger partial charge in [0.25, 0.3) is 21.8 Å². The molecular formula is C20H16ClN3O6S. The van der Waals surface area contributed by atoms with E-state index in [0.29, 0.717) is 15.0 Å². The van der Waals surface area contributed by atoms with Crippen molar-refractivity contribution in [1.82, 2.24) is 4.31 Å². The Kier molecular flexibility index (Phi) is 6.58. The van der Waals surface area contributed by atoms with E-state index in [1.165, 1.54) is 35.2 Å². The largest absolute Gasteiger partial charge is 0.454 e. The highest BCUT2D eigenvalue weighted by atomic mass is 35.5. The van der Waals surface area contributed by atoms with Gasteiger partial charge in [0.1, 0.15) is 11.4 Å². The molecule has 2 amide bonds. The van der Waals surface area contributed by atoms with E-state index >= 15 is 0 Å². The number of carbonyl (C=O) groups is 3. The number of fused-ring (bicyclic) bond motifs is 1. The summed E-state index contributed by atoms with van der Waals surface area (Å²) in [5, 5.41) is 9.21. The van der Waals surface area contributed by atoms with Gasteiger partial charge in [0.2, 0.25) is 0 Å². The van der Waals surface area contributed by atoms with Gasteiger partial charge in [-0.1, -0.05) is 29.8 Å². The molecule has 0 aliphatic carbocycles. The molecule has 11 heteroatoms. The average molecular weight is 462 g/mol. The fourth-order valence-electron chi connectivity index (χ4n) is 2.97. The Morgan fingerprint density at radius 1 is 1.16 bits per heavy atom. The van der Waals surface area contributed by atoms with Crippen molar-refractivity contribution in [2.24, 2.45) is 0 Å². The third kappa shape index (κ3) is 4.68. The van der Waals surface area contributed by atoms with Gasteiger partial charge in [0.05, 0.1) is 18.1 Å². The van der Waals surface area contributed by atoms with Crippen molar-refractivity contribution in [3.8, 4) is 6.07 Å². The summed E-state index contributed by atoms with van der Waals surface area (Å²) in [5.74, 6) is -2.54. The summed E-state index contributed by atoms with van der Waals surface area (Å²) in [6.45, 7) is -1.52. The highest BCUT2D eigenvalue weighted by Crippen LogP contribution is 2.29. The lowest BCUT2D eigenvalue weighted by Gasteiger charge is -2.22. The lowest BCUT2D eigenvalue weighted by molar-refractivity contribution is -0.147. The van der Waals surface area contributed by atoms with Crippen LogP contribution in [0.25, 0.3) is 0 Å². The van der Waals surface area contributed by atoms with E-state index in [2.05, 4.69) is 0 Å². The molecule has 2 aromatic rings. The topological polar surface area (TPSA) is 125 Å². The Balaban J connectivity index is 1.66. The fourth-order valence-corrected chi connectivity index (χ4v) is 4.67. The average Bonchev–Trinajstić information content (AvgIpc) is 2.93. The fraction of sp³-hybridized carbons (Fsp3) is 0.200. The number of rotatable bonds is 7. The summed E-state index contributed by atoms with van der Waals surface area (Å²) in [7, 11) is -4.17. The van der Waals surface area contributed by atoms with Crippen molar-refractivity contribution in [1.29, 1.82) is 5.26 Å². The second kappa shape index (κ2) is 9.16. The van der Waals surface area contributed by atoms with Gasteiger partial charge in [-0.3, -0.25) is 14.4 Å². The lowest BCUT2D eigenvalue weighted by Crippen LogP contribution is -2.39. The Morgan fingerprint density at radius 2 is 1.90 bits per heavy atom. The third-order valence-electron chi connectivity index (χ3n) is 4.41. The molecule has 0 fully saturated rings. The van der Waals surface area contributed by atoms with Gasteiger partial charge >= 0.3 is 5.97 Å². The first-order chi connectivity index (χ1) is 14.8. The van der Waals surface area contributed by atoms with Crippen molar-refractivity contribution in [3.05, 3.63) is 59.1 Å². The summed E-state index contributed by atoms with van der Waals surface area (Å²) in [6.07, 6.45) is 0.0327. The van der Waals surface area contributed by atoms with Crippen LogP contribution in [0.15, 0.2) is 53.4 Å². The molecule has 0 atom stereocenters. The van der Waals surface area contributed by atoms with Crippen LogP contribution < -0.4 is 4.90 Å². The number of benzene rings is 2. The molecule has 160 valence electrons. The van der Waals surface area contributed by atoms with E-state index in [1.807, 2.05) is 6.07 Å². The maximum absolute atomic E-state index is 12.6. The van der Waals surface area contributed by atoms with Crippen molar-refractivity contribution >= 4 is 45.1 Å². The summed E-state index contributed by atoms with van der Waals surface area (Å²) in [5.41, 5.74) is 0.381. The molecule has 0 unspecified atom stereocenters. The van der Waals surface area contributed by atoms with Crippen molar-refractivity contribution < 1.29 is 27.5 Å². The van der Waals surface area contributed by atoms with Crippen LogP contribution in [0.1, 0.15) is 16.8 Å². The molecule has 31 heavy (non-hydrogen) atoms. The van der Waals surface area contributed by atoms with Crippen LogP contribution in [0.3, 0.4) is 0 Å². The van der Waals surface area contributed by atoms with Crippen molar-refractivity contribution in [2.75, 3.05) is 24.6 Å². The molecule has 0 saturated carbocycles. The van der Waals surface area contributed by atoms with Gasteiger partial charge in [-0.2, -0.15) is 5.26 Å². The van der Waals surface area contributed by atoms with Crippen molar-refractivity contribution in [2.45, 2.75) is 11.3 Å². The lowest BCUT2D eigenvalue weighted by atomic mass is 10.2. The van der Waals surface area contributed by atoms with E-state index < -0.39 is 41.0 Å². The number of anilines is 1. The smallest absolute Gasteiger partial charge is 0.327 e. The Hall–Kier alpha value is -3.42. The number of hydrogen-bond acceptors (Lipinski definition) is 7. The second-order valence-corrected chi connectivity index (χ2v) is 8.67. The predicted molar refractivity (Wildman–Crippen MR) is 110 cm³/mol. The first-order valence-corrected chi connectivity index (χ1v) is 10.8. The van der Waals surface area contributed by atoms with E-state index in [4.69, 9.17) is 21.6 Å². The van der Waals surface area contributed by atoms with Crippen molar-refractivity contribution in [3.63, 3.8) is 0 Å². The van der Waals surface area contributed by atoms with Crippen LogP contribution in [0.5, 0.6) is 0 Å². The zero-order valence-corrected chi connectivity index (χ0v) is 17.6. The van der Waals surface area contributed by atoms with Crippen LogP contribution in [-0.4, -0.2) is 50.2 Å². The molecule has 0 N–H and O–H groups in total. The highest BCUT2D eigenvalue weighted by Gasteiger charge is 2.42.